The monoisotopic (exact) mass is 485 g/mol. The van der Waals surface area contributed by atoms with Crippen molar-refractivity contribution in [1.82, 2.24) is 24.3 Å². The van der Waals surface area contributed by atoms with Gasteiger partial charge in [-0.2, -0.15) is 0 Å². The van der Waals surface area contributed by atoms with Crippen molar-refractivity contribution in [2.24, 2.45) is 0 Å². The summed E-state index contributed by atoms with van der Waals surface area (Å²) in [6.07, 6.45) is 3.67. The summed E-state index contributed by atoms with van der Waals surface area (Å²) in [7, 11) is 0. The predicted octanol–water partition coefficient (Wildman–Crippen LogP) is 4.86. The second-order valence-electron chi connectivity index (χ2n) is 9.04. The number of likely N-dealkylation sites (N-methyl/N-ethyl adjacent to an activating group) is 1. The average Bonchev–Trinajstić information content (AvgIpc) is 3.25. The molecule has 0 saturated carbocycles. The third kappa shape index (κ3) is 5.41. The highest BCUT2D eigenvalue weighted by molar-refractivity contribution is 7.98. The van der Waals surface area contributed by atoms with Crippen LogP contribution in [-0.4, -0.2) is 63.0 Å². The lowest BCUT2D eigenvalue weighted by molar-refractivity contribution is 0.0643. The molecule has 7 heteroatoms. The molecule has 0 bridgehead atoms. The van der Waals surface area contributed by atoms with Crippen LogP contribution in [0.1, 0.15) is 34.0 Å². The fourth-order valence-corrected chi connectivity index (χ4v) is 5.40. The molecule has 6 nitrogen and oxygen atoms in total. The van der Waals surface area contributed by atoms with Crippen molar-refractivity contribution in [2.45, 2.75) is 31.3 Å². The third-order valence-corrected chi connectivity index (χ3v) is 7.70. The first-order valence-electron chi connectivity index (χ1n) is 12.2. The second kappa shape index (κ2) is 10.6. The van der Waals surface area contributed by atoms with Gasteiger partial charge in [-0.3, -0.25) is 9.78 Å². The fourth-order valence-electron chi connectivity index (χ4n) is 4.43. The SMILES string of the molecule is CCN1CCN(C(=O)c2ccc(Cn3c(SCc4ccc(C)cc4)nc4ccncc43)cc2)CC1. The molecule has 2 aromatic carbocycles. The first-order valence-corrected chi connectivity index (χ1v) is 13.2. The number of hydrogen-bond donors (Lipinski definition) is 0. The van der Waals surface area contributed by atoms with Crippen molar-refractivity contribution in [1.29, 1.82) is 0 Å². The molecule has 2 aromatic heterocycles. The van der Waals surface area contributed by atoms with E-state index in [1.807, 2.05) is 29.3 Å². The second-order valence-corrected chi connectivity index (χ2v) is 9.99. The first kappa shape index (κ1) is 23.6. The van der Waals surface area contributed by atoms with Gasteiger partial charge in [0.1, 0.15) is 0 Å². The average molecular weight is 486 g/mol. The lowest BCUT2D eigenvalue weighted by Gasteiger charge is -2.34. The smallest absolute Gasteiger partial charge is 0.253 e. The van der Waals surface area contributed by atoms with Gasteiger partial charge in [0.15, 0.2) is 5.16 Å². The highest BCUT2D eigenvalue weighted by atomic mass is 32.2. The number of piperazine rings is 1. The Hall–Kier alpha value is -3.16. The lowest BCUT2D eigenvalue weighted by atomic mass is 10.1. The highest BCUT2D eigenvalue weighted by Crippen LogP contribution is 2.27. The van der Waals surface area contributed by atoms with E-state index in [1.54, 1.807) is 18.0 Å². The van der Waals surface area contributed by atoms with Gasteiger partial charge < -0.3 is 14.4 Å². The van der Waals surface area contributed by atoms with Gasteiger partial charge in [0.2, 0.25) is 0 Å². The number of aryl methyl sites for hydroxylation is 1. The van der Waals surface area contributed by atoms with Gasteiger partial charge in [-0.15, -0.1) is 0 Å². The van der Waals surface area contributed by atoms with Crippen LogP contribution in [-0.2, 0) is 12.3 Å². The van der Waals surface area contributed by atoms with E-state index < -0.39 is 0 Å². The number of imidazole rings is 1. The van der Waals surface area contributed by atoms with E-state index >= 15 is 0 Å². The van der Waals surface area contributed by atoms with Crippen molar-refractivity contribution in [2.75, 3.05) is 32.7 Å². The Labute approximate surface area is 211 Å². The lowest BCUT2D eigenvalue weighted by Crippen LogP contribution is -2.48. The van der Waals surface area contributed by atoms with Crippen molar-refractivity contribution in [3.63, 3.8) is 0 Å². The van der Waals surface area contributed by atoms with Crippen molar-refractivity contribution in [3.8, 4) is 0 Å². The summed E-state index contributed by atoms with van der Waals surface area (Å²) in [5.74, 6) is 0.981. The highest BCUT2D eigenvalue weighted by Gasteiger charge is 2.21. The third-order valence-electron chi connectivity index (χ3n) is 6.65. The number of rotatable bonds is 7. The first-order chi connectivity index (χ1) is 17.1. The molecule has 4 aromatic rings. The topological polar surface area (TPSA) is 54.3 Å². The minimum Gasteiger partial charge on any atom is -0.336 e. The van der Waals surface area contributed by atoms with Crippen LogP contribution in [0.4, 0.5) is 0 Å². The maximum atomic E-state index is 13.0. The van der Waals surface area contributed by atoms with E-state index in [9.17, 15) is 4.79 Å². The summed E-state index contributed by atoms with van der Waals surface area (Å²) in [6, 6.07) is 18.6. The molecule has 0 aliphatic carbocycles. The standard InChI is InChI=1S/C28H31N5OS/c1-3-31-14-16-32(17-15-31)27(34)24-10-8-22(9-11-24)19-33-26-18-29-13-12-25(26)30-28(33)35-20-23-6-4-21(2)5-7-23/h4-13,18H,3,14-17,19-20H2,1-2H3. The molecule has 1 aliphatic rings. The molecule has 1 fully saturated rings. The zero-order valence-electron chi connectivity index (χ0n) is 20.4. The molecule has 180 valence electrons. The van der Waals surface area contributed by atoms with E-state index in [0.717, 1.165) is 65.8 Å². The number of fused-ring (bicyclic) bond motifs is 1. The molecular weight excluding hydrogens is 454 g/mol. The van der Waals surface area contributed by atoms with Crippen molar-refractivity contribution >= 4 is 28.7 Å². The molecule has 0 radical (unpaired) electrons. The Morgan fingerprint density at radius 1 is 0.943 bits per heavy atom. The van der Waals surface area contributed by atoms with E-state index in [-0.39, 0.29) is 5.91 Å². The predicted molar refractivity (Wildman–Crippen MR) is 142 cm³/mol. The molecule has 3 heterocycles. The van der Waals surface area contributed by atoms with E-state index in [1.165, 1.54) is 11.1 Å². The normalized spacial score (nSPS) is 14.5. The molecule has 0 unspecified atom stereocenters. The molecule has 0 N–H and O–H groups in total. The van der Waals surface area contributed by atoms with Gasteiger partial charge in [0.05, 0.1) is 23.8 Å². The van der Waals surface area contributed by atoms with Gasteiger partial charge in [-0.1, -0.05) is 60.6 Å². The Balaban J connectivity index is 1.32. The van der Waals surface area contributed by atoms with Gasteiger partial charge >= 0.3 is 0 Å². The maximum absolute atomic E-state index is 13.0. The molecule has 1 aliphatic heterocycles. The van der Waals surface area contributed by atoms with Crippen molar-refractivity contribution < 1.29 is 4.79 Å². The molecule has 1 saturated heterocycles. The Morgan fingerprint density at radius 2 is 1.66 bits per heavy atom. The Bertz CT molecular complexity index is 1290. The largest absolute Gasteiger partial charge is 0.336 e. The number of benzene rings is 2. The number of pyridine rings is 1. The zero-order chi connectivity index (χ0) is 24.2. The molecule has 35 heavy (non-hydrogen) atoms. The molecule has 0 atom stereocenters. The number of carbonyl (C=O) groups excluding carboxylic acids is 1. The zero-order valence-corrected chi connectivity index (χ0v) is 21.2. The molecule has 1 amide bonds. The number of aromatic nitrogens is 3. The summed E-state index contributed by atoms with van der Waals surface area (Å²) in [6.45, 7) is 9.49. The fraction of sp³-hybridized carbons (Fsp3) is 0.321. The van der Waals surface area contributed by atoms with Gasteiger partial charge in [0, 0.05) is 43.7 Å². The van der Waals surface area contributed by atoms with E-state index in [4.69, 9.17) is 4.98 Å². The summed E-state index contributed by atoms with van der Waals surface area (Å²) < 4.78 is 2.22. The van der Waals surface area contributed by atoms with Crippen molar-refractivity contribution in [3.05, 3.63) is 89.2 Å². The quantitative estimate of drug-likeness (QED) is 0.350. The van der Waals surface area contributed by atoms with Crippen LogP contribution in [0.15, 0.2) is 72.1 Å². The summed E-state index contributed by atoms with van der Waals surface area (Å²) in [5, 5.41) is 0.975. The van der Waals surface area contributed by atoms with E-state index in [0.29, 0.717) is 6.54 Å². The maximum Gasteiger partial charge on any atom is 0.253 e. The van der Waals surface area contributed by atoms with Gasteiger partial charge in [-0.05, 0) is 42.8 Å². The van der Waals surface area contributed by atoms with Crippen LogP contribution in [0.3, 0.4) is 0 Å². The minimum atomic E-state index is 0.124. The molecular formula is C28H31N5OS. The number of thioether (sulfide) groups is 1. The van der Waals surface area contributed by atoms with Crippen LogP contribution in [0.25, 0.3) is 11.0 Å². The van der Waals surface area contributed by atoms with Gasteiger partial charge in [0.25, 0.3) is 5.91 Å². The van der Waals surface area contributed by atoms with Crippen LogP contribution >= 0.6 is 11.8 Å². The Morgan fingerprint density at radius 3 is 2.37 bits per heavy atom. The van der Waals surface area contributed by atoms with Gasteiger partial charge in [-0.25, -0.2) is 4.98 Å². The summed E-state index contributed by atoms with van der Waals surface area (Å²) in [4.78, 5) is 26.5. The van der Waals surface area contributed by atoms with Crippen LogP contribution in [0.2, 0.25) is 0 Å². The minimum absolute atomic E-state index is 0.124. The molecule has 0 spiro atoms. The van der Waals surface area contributed by atoms with E-state index in [2.05, 4.69) is 64.7 Å². The number of nitrogens with zero attached hydrogens (tertiary/aromatic N) is 5. The van der Waals surface area contributed by atoms with Crippen LogP contribution in [0, 0.1) is 6.92 Å². The number of carbonyl (C=O) groups is 1. The number of amides is 1. The van der Waals surface area contributed by atoms with Crippen LogP contribution < -0.4 is 0 Å². The summed E-state index contributed by atoms with van der Waals surface area (Å²) >= 11 is 1.74. The Kier molecular flexibility index (Phi) is 7.16. The molecule has 5 rings (SSSR count). The summed E-state index contributed by atoms with van der Waals surface area (Å²) in [5.41, 5.74) is 6.40. The van der Waals surface area contributed by atoms with Crippen LogP contribution in [0.5, 0.6) is 0 Å². The number of hydrogen-bond acceptors (Lipinski definition) is 5.